The molecule has 11 heteroatoms. The molecule has 1 aliphatic carbocycles. The summed E-state index contributed by atoms with van der Waals surface area (Å²) >= 11 is 0.835. The summed E-state index contributed by atoms with van der Waals surface area (Å²) in [5.74, 6) is -0.0879. The highest BCUT2D eigenvalue weighted by Gasteiger charge is 2.41. The van der Waals surface area contributed by atoms with E-state index in [1.54, 1.807) is 18.2 Å². The molecule has 0 radical (unpaired) electrons. The zero-order chi connectivity index (χ0) is 32.7. The van der Waals surface area contributed by atoms with E-state index < -0.39 is 10.0 Å². The number of hydrogen-bond donors (Lipinski definition) is 3. The number of aromatic nitrogens is 2. The van der Waals surface area contributed by atoms with Gasteiger partial charge in [-0.15, -0.1) is 11.5 Å². The largest absolute Gasteiger partial charge is 0.475 e. The Kier molecular flexibility index (Phi) is 9.19. The number of thiol groups is 1. The molecule has 2 heterocycles. The van der Waals surface area contributed by atoms with Crippen molar-refractivity contribution in [2.24, 2.45) is 16.0 Å². The van der Waals surface area contributed by atoms with Crippen LogP contribution >= 0.6 is 11.5 Å². The van der Waals surface area contributed by atoms with Crippen molar-refractivity contribution in [3.63, 3.8) is 0 Å². The monoisotopic (exact) mass is 651 g/mol. The molecule has 5 rings (SSSR count). The summed E-state index contributed by atoms with van der Waals surface area (Å²) in [7, 11) is -4.13. The van der Waals surface area contributed by atoms with Gasteiger partial charge in [-0.1, -0.05) is 52.0 Å². The van der Waals surface area contributed by atoms with Crippen molar-refractivity contribution >= 4 is 38.3 Å². The minimum absolute atomic E-state index is 0.0344. The van der Waals surface area contributed by atoms with Crippen molar-refractivity contribution in [1.82, 2.24) is 14.9 Å². The molecule has 0 spiro atoms. The van der Waals surface area contributed by atoms with Crippen molar-refractivity contribution in [2.45, 2.75) is 91.1 Å². The van der Waals surface area contributed by atoms with Gasteiger partial charge in [0.25, 0.3) is 15.9 Å². The summed E-state index contributed by atoms with van der Waals surface area (Å²) in [5, 5.41) is 5.89. The van der Waals surface area contributed by atoms with Crippen molar-refractivity contribution in [3.05, 3.63) is 65.2 Å². The Morgan fingerprint density at radius 3 is 2.42 bits per heavy atom. The predicted molar refractivity (Wildman–Crippen MR) is 183 cm³/mol. The van der Waals surface area contributed by atoms with E-state index in [4.69, 9.17) is 9.88 Å². The standard InChI is InChI=1S/C34H45N5O4S2/c1-21-10-8-11-22(2)30(21)28-15-29-37-32(36-28)38-45(41,42)27-13-9-12-24(14-27)31(40)39(25(20-43-29)17-33(4,5)6)23(3)16-34(7)18-26(19-34)44-35/h8-15,23,25,44H,16-20,35H2,1-7H3,(H,36,37,38)/t23-,25+/m0/s1. The van der Waals surface area contributed by atoms with Crippen LogP contribution in [0.4, 0.5) is 5.95 Å². The first kappa shape index (κ1) is 33.1. The molecular weight excluding hydrogens is 607 g/mol. The number of nitrogens with one attached hydrogen (secondary N) is 1. The van der Waals surface area contributed by atoms with Crippen LogP contribution in [0.15, 0.2) is 53.4 Å². The molecule has 2 aromatic carbocycles. The Morgan fingerprint density at radius 2 is 1.78 bits per heavy atom. The zero-order valence-corrected chi connectivity index (χ0v) is 28.9. The number of hydrogen-bond acceptors (Lipinski definition) is 7. The molecule has 1 saturated carbocycles. The van der Waals surface area contributed by atoms with Gasteiger partial charge in [0, 0.05) is 23.2 Å². The van der Waals surface area contributed by atoms with E-state index in [-0.39, 0.29) is 52.2 Å². The average Bonchev–Trinajstić information content (AvgIpc) is 2.93. The molecule has 2 aliphatic rings. The summed E-state index contributed by atoms with van der Waals surface area (Å²) in [6, 6.07) is 13.4. The third-order valence-electron chi connectivity index (χ3n) is 8.66. The Hall–Kier alpha value is -3.28. The number of rotatable bonds is 5. The third-order valence-corrected chi connectivity index (χ3v) is 10.7. The molecule has 2 atom stereocenters. The minimum Gasteiger partial charge on any atom is -0.475 e. The molecule has 3 N–H and O–H groups in total. The molecule has 0 unspecified atom stereocenters. The second kappa shape index (κ2) is 12.5. The highest BCUT2D eigenvalue weighted by atomic mass is 32.2. The molecule has 242 valence electrons. The van der Waals surface area contributed by atoms with Gasteiger partial charge in [-0.25, -0.2) is 18.1 Å². The molecule has 1 aliphatic heterocycles. The normalized spacial score (nSPS) is 22.2. The first-order valence-electron chi connectivity index (χ1n) is 15.4. The highest BCUT2D eigenvalue weighted by molar-refractivity contribution is 7.96. The molecule has 45 heavy (non-hydrogen) atoms. The van der Waals surface area contributed by atoms with Crippen molar-refractivity contribution in [2.75, 3.05) is 11.3 Å². The van der Waals surface area contributed by atoms with Gasteiger partial charge in [0.15, 0.2) is 0 Å². The van der Waals surface area contributed by atoms with E-state index in [0.29, 0.717) is 17.7 Å². The summed E-state index contributed by atoms with van der Waals surface area (Å²) < 4.78 is 36.3. The van der Waals surface area contributed by atoms with Crippen molar-refractivity contribution < 1.29 is 17.9 Å². The number of benzene rings is 2. The fourth-order valence-corrected chi connectivity index (χ4v) is 8.78. The number of carbonyl (C=O) groups excluding carboxylic acids is 1. The topological polar surface area (TPSA) is 128 Å². The van der Waals surface area contributed by atoms with Gasteiger partial charge in [0.1, 0.15) is 6.61 Å². The van der Waals surface area contributed by atoms with Crippen LogP contribution in [0.25, 0.3) is 11.3 Å². The van der Waals surface area contributed by atoms with Crippen LogP contribution < -0.4 is 14.6 Å². The van der Waals surface area contributed by atoms with Crippen LogP contribution in [0.3, 0.4) is 0 Å². The van der Waals surface area contributed by atoms with E-state index in [0.717, 1.165) is 47.5 Å². The van der Waals surface area contributed by atoms with Crippen molar-refractivity contribution in [1.29, 1.82) is 0 Å². The lowest BCUT2D eigenvalue weighted by molar-refractivity contribution is 0.0327. The second-order valence-electron chi connectivity index (χ2n) is 14.2. The zero-order valence-electron chi connectivity index (χ0n) is 27.2. The van der Waals surface area contributed by atoms with Gasteiger partial charge in [-0.05, 0) is 91.5 Å². The summed E-state index contributed by atoms with van der Waals surface area (Å²) in [4.78, 5) is 26.8. The smallest absolute Gasteiger partial charge is 0.264 e. The number of fused-ring (bicyclic) bond motifs is 4. The predicted octanol–water partition coefficient (Wildman–Crippen LogP) is 6.29. The highest BCUT2D eigenvalue weighted by Crippen LogP contribution is 2.44. The maximum Gasteiger partial charge on any atom is 0.264 e. The van der Waals surface area contributed by atoms with Gasteiger partial charge >= 0.3 is 0 Å². The second-order valence-corrected chi connectivity index (χ2v) is 16.7. The van der Waals surface area contributed by atoms with Crippen LogP contribution in [0.5, 0.6) is 5.88 Å². The number of ether oxygens (including phenoxy) is 1. The van der Waals surface area contributed by atoms with E-state index in [2.05, 4.69) is 49.3 Å². The third kappa shape index (κ3) is 7.42. The maximum atomic E-state index is 14.5. The maximum absolute atomic E-state index is 14.5. The van der Waals surface area contributed by atoms with Crippen molar-refractivity contribution in [3.8, 4) is 17.1 Å². The van der Waals surface area contributed by atoms with E-state index in [9.17, 15) is 13.2 Å². The number of nitrogens with two attached hydrogens (primary N) is 1. The lowest BCUT2D eigenvalue weighted by Gasteiger charge is -2.46. The molecule has 1 fully saturated rings. The van der Waals surface area contributed by atoms with Crippen LogP contribution in [-0.4, -0.2) is 52.7 Å². The van der Waals surface area contributed by atoms with Gasteiger partial charge in [0.2, 0.25) is 11.8 Å². The summed E-state index contributed by atoms with van der Waals surface area (Å²) in [6.07, 6.45) is 3.31. The SMILES string of the molecule is Cc1cccc(C)c1-c1cc2nc(n1)NS(=O)(=O)c1cccc(c1)C(=O)N([C@@H](C)CC1(C)CC(=[SH]N)C1)[C@H](CC(C)(C)C)CO2. The van der Waals surface area contributed by atoms with Gasteiger partial charge < -0.3 is 9.64 Å². The number of nitrogens with zero attached hydrogens (tertiary/aromatic N) is 3. The molecule has 0 saturated heterocycles. The van der Waals surface area contributed by atoms with Gasteiger partial charge in [-0.3, -0.25) is 9.93 Å². The Morgan fingerprint density at radius 1 is 1.11 bits per heavy atom. The number of anilines is 1. The lowest BCUT2D eigenvalue weighted by Crippen LogP contribution is -2.52. The summed E-state index contributed by atoms with van der Waals surface area (Å²) in [6.45, 7) is 14.9. The number of sulfonamides is 1. The fourth-order valence-electron chi connectivity index (χ4n) is 6.85. The van der Waals surface area contributed by atoms with Crippen LogP contribution in [0, 0.1) is 24.7 Å². The Balaban J connectivity index is 1.65. The molecular formula is C34H45N5O4S2. The minimum atomic E-state index is -4.13. The lowest BCUT2D eigenvalue weighted by atomic mass is 9.66. The average molecular weight is 652 g/mol. The molecule has 1 amide bonds. The van der Waals surface area contributed by atoms with Crippen LogP contribution in [-0.2, 0) is 10.0 Å². The fraction of sp³-hybridized carbons (Fsp3) is 0.471. The van der Waals surface area contributed by atoms with E-state index >= 15 is 0 Å². The summed E-state index contributed by atoms with van der Waals surface area (Å²) in [5.41, 5.74) is 3.63. The number of aryl methyl sites for hydroxylation is 2. The van der Waals surface area contributed by atoms with Crippen LogP contribution in [0.1, 0.15) is 81.8 Å². The van der Waals surface area contributed by atoms with E-state index in [1.165, 1.54) is 17.0 Å². The molecule has 9 nitrogen and oxygen atoms in total. The first-order valence-corrected chi connectivity index (χ1v) is 17.8. The Bertz CT molecular complexity index is 1720. The van der Waals surface area contributed by atoms with E-state index in [1.807, 2.05) is 36.9 Å². The quantitative estimate of drug-likeness (QED) is 0.219. The number of amides is 1. The Labute approximate surface area is 271 Å². The number of carbonyl (C=O) groups is 1. The molecule has 4 bridgehead atoms. The first-order chi connectivity index (χ1) is 21.1. The molecule has 1 aromatic heterocycles. The van der Waals surface area contributed by atoms with Gasteiger partial charge in [-0.2, -0.15) is 4.98 Å². The molecule has 3 aromatic rings. The van der Waals surface area contributed by atoms with Crippen LogP contribution in [0.2, 0.25) is 0 Å². The van der Waals surface area contributed by atoms with Gasteiger partial charge in [0.05, 0.1) is 16.6 Å².